The summed E-state index contributed by atoms with van der Waals surface area (Å²) in [5.41, 5.74) is 1.15. The maximum Gasteiger partial charge on any atom is 0.326 e. The minimum Gasteiger partial charge on any atom is -0.480 e. The van der Waals surface area contributed by atoms with Gasteiger partial charge in [0.05, 0.1) is 5.54 Å². The van der Waals surface area contributed by atoms with Gasteiger partial charge in [-0.1, -0.05) is 13.8 Å². The highest BCUT2D eigenvalue weighted by atomic mass is 16.4. The van der Waals surface area contributed by atoms with Gasteiger partial charge >= 0.3 is 5.97 Å². The van der Waals surface area contributed by atoms with Crippen molar-refractivity contribution >= 4 is 11.9 Å². The molecule has 0 unspecified atom stereocenters. The SMILES string of the molecule is CC(C)[C@H](NC(=O)c1cc(C2CC2)n(C(C)(C)C)n1)C(=O)O. The number of carbonyl (C=O) groups excluding carboxylic acids is 1. The summed E-state index contributed by atoms with van der Waals surface area (Å²) < 4.78 is 1.89. The van der Waals surface area contributed by atoms with E-state index in [1.807, 2.05) is 25.5 Å². The summed E-state index contributed by atoms with van der Waals surface area (Å²) in [6.45, 7) is 9.66. The Bertz CT molecular complexity index is 580. The van der Waals surface area contributed by atoms with Crippen LogP contribution in [0.4, 0.5) is 0 Å². The molecule has 1 aliphatic carbocycles. The summed E-state index contributed by atoms with van der Waals surface area (Å²) in [6, 6.07) is 0.897. The molecule has 2 N–H and O–H groups in total. The van der Waals surface area contributed by atoms with Crippen LogP contribution < -0.4 is 5.32 Å². The topological polar surface area (TPSA) is 84.2 Å². The van der Waals surface area contributed by atoms with Crippen LogP contribution in [0.15, 0.2) is 6.07 Å². The molecule has 0 bridgehead atoms. The monoisotopic (exact) mass is 307 g/mol. The van der Waals surface area contributed by atoms with Crippen molar-refractivity contribution in [3.8, 4) is 0 Å². The Kier molecular flexibility index (Phi) is 4.31. The fourth-order valence-electron chi connectivity index (χ4n) is 2.44. The molecule has 1 atom stereocenters. The number of nitrogens with zero attached hydrogens (tertiary/aromatic N) is 2. The highest BCUT2D eigenvalue weighted by molar-refractivity contribution is 5.95. The highest BCUT2D eigenvalue weighted by Crippen LogP contribution is 2.41. The van der Waals surface area contributed by atoms with Crippen LogP contribution >= 0.6 is 0 Å². The predicted molar refractivity (Wildman–Crippen MR) is 82.9 cm³/mol. The number of hydrogen-bond donors (Lipinski definition) is 2. The molecule has 1 amide bonds. The third-order valence-corrected chi connectivity index (χ3v) is 3.82. The molecule has 0 aromatic carbocycles. The van der Waals surface area contributed by atoms with E-state index in [9.17, 15) is 14.7 Å². The molecule has 0 radical (unpaired) electrons. The standard InChI is InChI=1S/C16H25N3O3/c1-9(2)13(15(21)22)17-14(20)11-8-12(10-6-7-10)19(18-11)16(3,4)5/h8-10,13H,6-7H2,1-5H3,(H,17,20)(H,21,22)/t13-/m0/s1. The van der Waals surface area contributed by atoms with Gasteiger partial charge in [-0.2, -0.15) is 5.10 Å². The zero-order valence-corrected chi connectivity index (χ0v) is 13.9. The van der Waals surface area contributed by atoms with E-state index in [-0.39, 0.29) is 11.5 Å². The number of aliphatic carboxylic acids is 1. The second kappa shape index (κ2) is 5.74. The van der Waals surface area contributed by atoms with Gasteiger partial charge < -0.3 is 10.4 Å². The lowest BCUT2D eigenvalue weighted by Crippen LogP contribution is -2.44. The number of amides is 1. The van der Waals surface area contributed by atoms with Gasteiger partial charge in [0, 0.05) is 11.6 Å². The Morgan fingerprint density at radius 2 is 1.95 bits per heavy atom. The average molecular weight is 307 g/mol. The number of carboxylic acid groups (broad SMARTS) is 1. The van der Waals surface area contributed by atoms with Crippen molar-refractivity contribution in [1.29, 1.82) is 0 Å². The molecular formula is C16H25N3O3. The summed E-state index contributed by atoms with van der Waals surface area (Å²) in [6.07, 6.45) is 2.24. The second-order valence-electron chi connectivity index (χ2n) is 7.34. The van der Waals surface area contributed by atoms with Crippen LogP contribution in [0.25, 0.3) is 0 Å². The minimum absolute atomic E-state index is 0.186. The van der Waals surface area contributed by atoms with Gasteiger partial charge in [0.25, 0.3) is 5.91 Å². The Morgan fingerprint density at radius 3 is 2.36 bits per heavy atom. The quantitative estimate of drug-likeness (QED) is 0.874. The number of carboxylic acids is 1. The summed E-state index contributed by atoms with van der Waals surface area (Å²) in [5, 5.41) is 16.2. The van der Waals surface area contributed by atoms with E-state index in [1.54, 1.807) is 19.9 Å². The van der Waals surface area contributed by atoms with Crippen molar-refractivity contribution in [2.24, 2.45) is 5.92 Å². The fraction of sp³-hybridized carbons (Fsp3) is 0.688. The minimum atomic E-state index is -1.03. The summed E-state index contributed by atoms with van der Waals surface area (Å²) in [7, 11) is 0. The van der Waals surface area contributed by atoms with E-state index in [1.165, 1.54) is 0 Å². The lowest BCUT2D eigenvalue weighted by atomic mass is 10.0. The lowest BCUT2D eigenvalue weighted by Gasteiger charge is -2.22. The van der Waals surface area contributed by atoms with E-state index in [2.05, 4.69) is 10.4 Å². The number of rotatable bonds is 5. The van der Waals surface area contributed by atoms with Crippen LogP contribution in [0, 0.1) is 5.92 Å². The smallest absolute Gasteiger partial charge is 0.326 e. The summed E-state index contributed by atoms with van der Waals surface area (Å²) >= 11 is 0. The van der Waals surface area contributed by atoms with Crippen molar-refractivity contribution in [2.45, 2.75) is 65.0 Å². The molecule has 2 rings (SSSR count). The maximum atomic E-state index is 12.3. The zero-order chi connectivity index (χ0) is 16.7. The molecule has 1 aromatic heterocycles. The Balaban J connectivity index is 2.25. The highest BCUT2D eigenvalue weighted by Gasteiger charge is 2.33. The van der Waals surface area contributed by atoms with E-state index < -0.39 is 17.9 Å². The number of hydrogen-bond acceptors (Lipinski definition) is 3. The second-order valence-corrected chi connectivity index (χ2v) is 7.34. The maximum absolute atomic E-state index is 12.3. The van der Waals surface area contributed by atoms with Crippen molar-refractivity contribution in [3.63, 3.8) is 0 Å². The van der Waals surface area contributed by atoms with Crippen molar-refractivity contribution in [2.75, 3.05) is 0 Å². The molecule has 1 saturated carbocycles. The molecule has 0 aliphatic heterocycles. The van der Waals surface area contributed by atoms with Crippen LogP contribution in [0.1, 0.15) is 69.6 Å². The number of carbonyl (C=O) groups is 2. The third kappa shape index (κ3) is 3.48. The number of nitrogens with one attached hydrogen (secondary N) is 1. The Hall–Kier alpha value is -1.85. The largest absolute Gasteiger partial charge is 0.480 e. The van der Waals surface area contributed by atoms with Crippen LogP contribution in [0.2, 0.25) is 0 Å². The molecule has 1 aliphatic rings. The van der Waals surface area contributed by atoms with E-state index >= 15 is 0 Å². The van der Waals surface area contributed by atoms with Crippen LogP contribution in [0.5, 0.6) is 0 Å². The molecule has 1 aromatic rings. The van der Waals surface area contributed by atoms with Gasteiger partial charge in [-0.05, 0) is 45.6 Å². The first-order valence-corrected chi connectivity index (χ1v) is 7.75. The molecule has 6 heteroatoms. The molecule has 122 valence electrons. The molecule has 1 fully saturated rings. The average Bonchev–Trinajstić information content (AvgIpc) is 3.11. The van der Waals surface area contributed by atoms with Gasteiger partial charge in [-0.25, -0.2) is 4.79 Å². The first-order valence-electron chi connectivity index (χ1n) is 7.75. The van der Waals surface area contributed by atoms with Crippen LogP contribution in [0.3, 0.4) is 0 Å². The fourth-order valence-corrected chi connectivity index (χ4v) is 2.44. The Labute approximate surface area is 130 Å². The van der Waals surface area contributed by atoms with Gasteiger partial charge in [-0.3, -0.25) is 9.48 Å². The zero-order valence-electron chi connectivity index (χ0n) is 13.9. The first-order chi connectivity index (χ1) is 10.1. The molecule has 1 heterocycles. The molecule has 0 saturated heterocycles. The van der Waals surface area contributed by atoms with Crippen molar-refractivity contribution < 1.29 is 14.7 Å². The summed E-state index contributed by atoms with van der Waals surface area (Å²) in [4.78, 5) is 23.6. The van der Waals surface area contributed by atoms with E-state index in [4.69, 9.17) is 0 Å². The predicted octanol–water partition coefficient (Wildman–Crippen LogP) is 2.35. The summed E-state index contributed by atoms with van der Waals surface area (Å²) in [5.74, 6) is -1.17. The van der Waals surface area contributed by atoms with E-state index in [0.29, 0.717) is 11.6 Å². The molecular weight excluding hydrogens is 282 g/mol. The van der Waals surface area contributed by atoms with Gasteiger partial charge in [-0.15, -0.1) is 0 Å². The van der Waals surface area contributed by atoms with Gasteiger partial charge in [0.2, 0.25) is 0 Å². The van der Waals surface area contributed by atoms with Crippen LogP contribution in [-0.4, -0.2) is 32.8 Å². The third-order valence-electron chi connectivity index (χ3n) is 3.82. The lowest BCUT2D eigenvalue weighted by molar-refractivity contribution is -0.140. The number of aromatic nitrogens is 2. The van der Waals surface area contributed by atoms with Gasteiger partial charge in [0.15, 0.2) is 0 Å². The molecule has 0 spiro atoms. The van der Waals surface area contributed by atoms with E-state index in [0.717, 1.165) is 18.5 Å². The van der Waals surface area contributed by atoms with Crippen LogP contribution in [-0.2, 0) is 10.3 Å². The van der Waals surface area contributed by atoms with Crippen molar-refractivity contribution in [3.05, 3.63) is 17.5 Å². The van der Waals surface area contributed by atoms with Crippen molar-refractivity contribution in [1.82, 2.24) is 15.1 Å². The normalized spacial score (nSPS) is 16.6. The first kappa shape index (κ1) is 16.5. The molecule has 6 nitrogen and oxygen atoms in total. The van der Waals surface area contributed by atoms with Gasteiger partial charge in [0.1, 0.15) is 11.7 Å². The molecule has 22 heavy (non-hydrogen) atoms. The Morgan fingerprint density at radius 1 is 1.36 bits per heavy atom.